The molecule has 0 aliphatic heterocycles. The van der Waals surface area contributed by atoms with E-state index in [9.17, 15) is 0 Å². The lowest BCUT2D eigenvalue weighted by molar-refractivity contribution is 0.199. The van der Waals surface area contributed by atoms with Crippen molar-refractivity contribution in [2.24, 2.45) is 0 Å². The second-order valence-corrected chi connectivity index (χ2v) is 4.92. The van der Waals surface area contributed by atoms with Crippen molar-refractivity contribution in [1.82, 2.24) is 15.5 Å². The first-order chi connectivity index (χ1) is 8.90. The van der Waals surface area contributed by atoms with Gasteiger partial charge in [-0.2, -0.15) is 0 Å². The van der Waals surface area contributed by atoms with Gasteiger partial charge in [0.2, 0.25) is 0 Å². The Morgan fingerprint density at radius 2 is 2.00 bits per heavy atom. The molecule has 0 aliphatic carbocycles. The molecule has 0 fully saturated rings. The predicted molar refractivity (Wildman–Crippen MR) is 73.8 cm³/mol. The first kappa shape index (κ1) is 13.1. The number of nitrogens with one attached hydrogen (secondary N) is 1. The zero-order chi connectivity index (χ0) is 12.6. The van der Waals surface area contributed by atoms with Crippen molar-refractivity contribution in [1.29, 1.82) is 0 Å². The van der Waals surface area contributed by atoms with Crippen LogP contribution in [0.25, 0.3) is 10.6 Å². The lowest BCUT2D eigenvalue weighted by Crippen LogP contribution is -2.21. The van der Waals surface area contributed by atoms with E-state index in [1.807, 2.05) is 18.2 Å². The van der Waals surface area contributed by atoms with E-state index >= 15 is 0 Å². The van der Waals surface area contributed by atoms with E-state index in [2.05, 4.69) is 27.6 Å². The number of aromatic nitrogens is 2. The van der Waals surface area contributed by atoms with Gasteiger partial charge in [-0.25, -0.2) is 0 Å². The first-order valence-electron chi connectivity index (χ1n) is 5.97. The Labute approximate surface area is 111 Å². The normalized spacial score (nSPS) is 10.7. The van der Waals surface area contributed by atoms with Gasteiger partial charge in [0.25, 0.3) is 0 Å². The number of hydrogen-bond acceptors (Lipinski definition) is 5. The van der Waals surface area contributed by atoms with Crippen LogP contribution in [0.4, 0.5) is 0 Å². The highest BCUT2D eigenvalue weighted by molar-refractivity contribution is 7.14. The molecule has 0 spiro atoms. The molecule has 96 valence electrons. The van der Waals surface area contributed by atoms with Crippen LogP contribution >= 0.6 is 11.3 Å². The maximum Gasteiger partial charge on any atom is 0.147 e. The molecule has 1 aromatic carbocycles. The average Bonchev–Trinajstić information content (AvgIpc) is 2.88. The molecule has 2 aromatic rings. The molecule has 1 heterocycles. The van der Waals surface area contributed by atoms with Gasteiger partial charge in [-0.3, -0.25) is 0 Å². The minimum atomic E-state index is 0.741. The van der Waals surface area contributed by atoms with E-state index in [0.717, 1.165) is 41.7 Å². The lowest BCUT2D eigenvalue weighted by Gasteiger charge is -2.00. The van der Waals surface area contributed by atoms with Crippen molar-refractivity contribution in [2.45, 2.75) is 6.42 Å². The molecule has 4 nitrogen and oxygen atoms in total. The van der Waals surface area contributed by atoms with Crippen molar-refractivity contribution in [3.63, 3.8) is 0 Å². The summed E-state index contributed by atoms with van der Waals surface area (Å²) in [5, 5.41) is 13.8. The standard InChI is InChI=1S/C13H17N3OS/c1-17-10-9-14-8-7-12-15-16-13(18-12)11-5-3-2-4-6-11/h2-6,14H,7-10H2,1H3. The Morgan fingerprint density at radius 1 is 1.17 bits per heavy atom. The van der Waals surface area contributed by atoms with Gasteiger partial charge in [-0.15, -0.1) is 10.2 Å². The van der Waals surface area contributed by atoms with E-state index in [-0.39, 0.29) is 0 Å². The minimum absolute atomic E-state index is 0.741. The van der Waals surface area contributed by atoms with Crippen LogP contribution in [0.2, 0.25) is 0 Å². The van der Waals surface area contributed by atoms with Gasteiger partial charge in [0.05, 0.1) is 6.61 Å². The van der Waals surface area contributed by atoms with Crippen LogP contribution in [0.1, 0.15) is 5.01 Å². The molecule has 0 saturated carbocycles. The van der Waals surface area contributed by atoms with Crippen molar-refractivity contribution < 1.29 is 4.74 Å². The van der Waals surface area contributed by atoms with Gasteiger partial charge in [0.15, 0.2) is 0 Å². The number of benzene rings is 1. The molecule has 0 aliphatic rings. The second-order valence-electron chi connectivity index (χ2n) is 3.86. The number of nitrogens with zero attached hydrogens (tertiary/aromatic N) is 2. The fraction of sp³-hybridized carbons (Fsp3) is 0.385. The minimum Gasteiger partial charge on any atom is -0.383 e. The Bertz CT molecular complexity index is 458. The number of rotatable bonds is 7. The zero-order valence-electron chi connectivity index (χ0n) is 10.4. The van der Waals surface area contributed by atoms with E-state index < -0.39 is 0 Å². The summed E-state index contributed by atoms with van der Waals surface area (Å²) in [5.74, 6) is 0. The molecule has 0 unspecified atom stereocenters. The largest absolute Gasteiger partial charge is 0.383 e. The van der Waals surface area contributed by atoms with Gasteiger partial charge in [-0.1, -0.05) is 41.7 Å². The Kier molecular flexibility index (Phi) is 5.26. The lowest BCUT2D eigenvalue weighted by atomic mass is 10.2. The third-order valence-corrected chi connectivity index (χ3v) is 3.52. The molecule has 2 rings (SSSR count). The molecule has 0 saturated heterocycles. The quantitative estimate of drug-likeness (QED) is 0.776. The summed E-state index contributed by atoms with van der Waals surface area (Å²) < 4.78 is 4.97. The Balaban J connectivity index is 1.83. The van der Waals surface area contributed by atoms with Gasteiger partial charge in [0.1, 0.15) is 10.0 Å². The van der Waals surface area contributed by atoms with Crippen LogP contribution in [0.15, 0.2) is 30.3 Å². The fourth-order valence-electron chi connectivity index (χ4n) is 1.55. The predicted octanol–water partition coefficient (Wildman–Crippen LogP) is 1.98. The topological polar surface area (TPSA) is 47.0 Å². The summed E-state index contributed by atoms with van der Waals surface area (Å²) in [5.41, 5.74) is 1.13. The Hall–Kier alpha value is -1.30. The van der Waals surface area contributed by atoms with Crippen LogP contribution in [-0.4, -0.2) is 37.0 Å². The molecule has 1 N–H and O–H groups in total. The van der Waals surface area contributed by atoms with Gasteiger partial charge in [-0.05, 0) is 0 Å². The zero-order valence-corrected chi connectivity index (χ0v) is 11.2. The van der Waals surface area contributed by atoms with Crippen molar-refractivity contribution >= 4 is 11.3 Å². The molecule has 1 aromatic heterocycles. The van der Waals surface area contributed by atoms with E-state index in [1.54, 1.807) is 18.4 Å². The molecule has 0 bridgehead atoms. The average molecular weight is 263 g/mol. The Morgan fingerprint density at radius 3 is 2.78 bits per heavy atom. The molecular weight excluding hydrogens is 246 g/mol. The maximum absolute atomic E-state index is 4.97. The summed E-state index contributed by atoms with van der Waals surface area (Å²) in [6, 6.07) is 10.2. The highest BCUT2D eigenvalue weighted by Crippen LogP contribution is 2.22. The fourth-order valence-corrected chi connectivity index (χ4v) is 2.39. The first-order valence-corrected chi connectivity index (χ1v) is 6.79. The van der Waals surface area contributed by atoms with Crippen LogP contribution in [0, 0.1) is 0 Å². The molecular formula is C13H17N3OS. The summed E-state index contributed by atoms with van der Waals surface area (Å²) in [7, 11) is 1.71. The van der Waals surface area contributed by atoms with Crippen LogP contribution in [-0.2, 0) is 11.2 Å². The molecule has 5 heteroatoms. The number of ether oxygens (including phenoxy) is 1. The highest BCUT2D eigenvalue weighted by Gasteiger charge is 2.05. The SMILES string of the molecule is COCCNCCc1nnc(-c2ccccc2)s1. The monoisotopic (exact) mass is 263 g/mol. The summed E-state index contributed by atoms with van der Waals surface area (Å²) in [6.45, 7) is 2.53. The number of hydrogen-bond donors (Lipinski definition) is 1. The van der Waals surface area contributed by atoms with Gasteiger partial charge >= 0.3 is 0 Å². The van der Waals surface area contributed by atoms with Crippen molar-refractivity contribution in [3.8, 4) is 10.6 Å². The maximum atomic E-state index is 4.97. The van der Waals surface area contributed by atoms with Crippen molar-refractivity contribution in [3.05, 3.63) is 35.3 Å². The molecule has 0 atom stereocenters. The van der Waals surface area contributed by atoms with Crippen LogP contribution in [0.5, 0.6) is 0 Å². The van der Waals surface area contributed by atoms with E-state index in [1.165, 1.54) is 0 Å². The van der Waals surface area contributed by atoms with Crippen LogP contribution in [0.3, 0.4) is 0 Å². The summed E-state index contributed by atoms with van der Waals surface area (Å²) in [6.07, 6.45) is 0.911. The van der Waals surface area contributed by atoms with E-state index in [0.29, 0.717) is 0 Å². The second kappa shape index (κ2) is 7.20. The summed E-state index contributed by atoms with van der Waals surface area (Å²) >= 11 is 1.66. The van der Waals surface area contributed by atoms with Crippen molar-refractivity contribution in [2.75, 3.05) is 26.8 Å². The summed E-state index contributed by atoms with van der Waals surface area (Å²) in [4.78, 5) is 0. The van der Waals surface area contributed by atoms with Gasteiger partial charge in [0, 0.05) is 32.2 Å². The van der Waals surface area contributed by atoms with E-state index in [4.69, 9.17) is 4.74 Å². The third-order valence-electron chi connectivity index (χ3n) is 2.49. The van der Waals surface area contributed by atoms with Crippen LogP contribution < -0.4 is 5.32 Å². The smallest absolute Gasteiger partial charge is 0.147 e. The third kappa shape index (κ3) is 3.87. The molecule has 0 amide bonds. The number of methoxy groups -OCH3 is 1. The highest BCUT2D eigenvalue weighted by atomic mass is 32.1. The van der Waals surface area contributed by atoms with Gasteiger partial charge < -0.3 is 10.1 Å². The molecule has 0 radical (unpaired) electrons. The molecule has 18 heavy (non-hydrogen) atoms.